The molecule has 0 radical (unpaired) electrons. The summed E-state index contributed by atoms with van der Waals surface area (Å²) in [6, 6.07) is 4.82. The van der Waals surface area contributed by atoms with Gasteiger partial charge in [0.1, 0.15) is 0 Å². The van der Waals surface area contributed by atoms with Crippen molar-refractivity contribution < 1.29 is 19.1 Å². The molecule has 6 heteroatoms. The van der Waals surface area contributed by atoms with Gasteiger partial charge < -0.3 is 20.5 Å². The molecule has 130 valence electrons. The molecule has 24 heavy (non-hydrogen) atoms. The Balaban J connectivity index is 1.91. The molecule has 0 aliphatic heterocycles. The predicted octanol–water partition coefficient (Wildman–Crippen LogP) is 2.18. The highest BCUT2D eigenvalue weighted by Crippen LogP contribution is 2.28. The first-order chi connectivity index (χ1) is 11.6. The molecule has 1 aromatic carbocycles. The fourth-order valence-electron chi connectivity index (χ4n) is 2.65. The zero-order chi connectivity index (χ0) is 17.4. The maximum Gasteiger partial charge on any atom is 0.255 e. The van der Waals surface area contributed by atoms with E-state index in [-0.39, 0.29) is 12.5 Å². The highest BCUT2D eigenvalue weighted by atomic mass is 16.5. The van der Waals surface area contributed by atoms with Gasteiger partial charge in [0.2, 0.25) is 0 Å². The van der Waals surface area contributed by atoms with Crippen molar-refractivity contribution in [2.75, 3.05) is 20.3 Å². The van der Waals surface area contributed by atoms with Crippen LogP contribution in [-0.2, 0) is 4.79 Å². The number of primary amides is 1. The number of nitrogens with two attached hydrogens (primary N) is 1. The lowest BCUT2D eigenvalue weighted by atomic mass is 9.97. The van der Waals surface area contributed by atoms with Gasteiger partial charge in [-0.1, -0.05) is 11.6 Å². The molecule has 0 atom stereocenters. The number of hydrogen-bond acceptors (Lipinski definition) is 4. The lowest BCUT2D eigenvalue weighted by Gasteiger charge is -2.14. The number of nitrogens with one attached hydrogen (secondary N) is 1. The summed E-state index contributed by atoms with van der Waals surface area (Å²) in [5, 5.41) is 2.92. The van der Waals surface area contributed by atoms with Gasteiger partial charge in [0.05, 0.1) is 7.11 Å². The summed E-state index contributed by atoms with van der Waals surface area (Å²) < 4.78 is 10.4. The molecular weight excluding hydrogens is 308 g/mol. The molecule has 0 unspecified atom stereocenters. The van der Waals surface area contributed by atoms with E-state index in [4.69, 9.17) is 15.2 Å². The molecular formula is C18H24N2O4. The number of allylic oxidation sites excluding steroid dienone is 1. The molecule has 1 aliphatic carbocycles. The van der Waals surface area contributed by atoms with Crippen molar-refractivity contribution in [2.24, 2.45) is 5.73 Å². The van der Waals surface area contributed by atoms with Gasteiger partial charge in [-0.25, -0.2) is 0 Å². The molecule has 0 bridgehead atoms. The van der Waals surface area contributed by atoms with E-state index in [0.29, 0.717) is 23.6 Å². The van der Waals surface area contributed by atoms with Crippen LogP contribution < -0.4 is 20.5 Å². The van der Waals surface area contributed by atoms with E-state index < -0.39 is 5.91 Å². The Morgan fingerprint density at radius 2 is 2.08 bits per heavy atom. The zero-order valence-electron chi connectivity index (χ0n) is 14.0. The SMILES string of the molecule is COc1cc(C(=O)NCCC2=CCCCC2)ccc1OCC(N)=O. The Bertz CT molecular complexity index is 625. The van der Waals surface area contributed by atoms with Crippen molar-refractivity contribution in [1.29, 1.82) is 0 Å². The number of carbonyl (C=O) groups excluding carboxylic acids is 2. The van der Waals surface area contributed by atoms with Crippen molar-refractivity contribution in [2.45, 2.75) is 32.1 Å². The molecule has 2 amide bonds. The molecule has 2 rings (SSSR count). The van der Waals surface area contributed by atoms with Crippen molar-refractivity contribution in [3.8, 4) is 11.5 Å². The van der Waals surface area contributed by atoms with Crippen LogP contribution in [0.25, 0.3) is 0 Å². The summed E-state index contributed by atoms with van der Waals surface area (Å²) in [5.74, 6) is 0.0288. The maximum absolute atomic E-state index is 12.2. The Hall–Kier alpha value is -2.50. The average molecular weight is 332 g/mol. The van der Waals surface area contributed by atoms with Crippen LogP contribution in [0.1, 0.15) is 42.5 Å². The molecule has 0 aromatic heterocycles. The summed E-state index contributed by atoms with van der Waals surface area (Å²) in [4.78, 5) is 23.0. The second-order valence-corrected chi connectivity index (χ2v) is 5.73. The summed E-state index contributed by atoms with van der Waals surface area (Å²) in [7, 11) is 1.48. The van der Waals surface area contributed by atoms with Crippen LogP contribution in [0.15, 0.2) is 29.8 Å². The van der Waals surface area contributed by atoms with E-state index >= 15 is 0 Å². The molecule has 0 fully saturated rings. The molecule has 0 heterocycles. The van der Waals surface area contributed by atoms with Crippen molar-refractivity contribution in [1.82, 2.24) is 5.32 Å². The molecule has 0 saturated carbocycles. The summed E-state index contributed by atoms with van der Waals surface area (Å²) >= 11 is 0. The summed E-state index contributed by atoms with van der Waals surface area (Å²) in [6.07, 6.45) is 7.96. The van der Waals surface area contributed by atoms with Gasteiger partial charge in [0.15, 0.2) is 18.1 Å². The average Bonchev–Trinajstić information content (AvgIpc) is 2.60. The van der Waals surface area contributed by atoms with E-state index in [2.05, 4.69) is 11.4 Å². The number of carbonyl (C=O) groups is 2. The quantitative estimate of drug-likeness (QED) is 0.714. The van der Waals surface area contributed by atoms with Crippen LogP contribution in [0.3, 0.4) is 0 Å². The minimum atomic E-state index is -0.573. The number of amides is 2. The van der Waals surface area contributed by atoms with Crippen molar-refractivity contribution >= 4 is 11.8 Å². The first kappa shape index (κ1) is 17.8. The number of benzene rings is 1. The monoisotopic (exact) mass is 332 g/mol. The zero-order valence-corrected chi connectivity index (χ0v) is 14.0. The third kappa shape index (κ3) is 5.30. The normalized spacial score (nSPS) is 13.8. The third-order valence-electron chi connectivity index (χ3n) is 3.91. The lowest BCUT2D eigenvalue weighted by Crippen LogP contribution is -2.25. The second-order valence-electron chi connectivity index (χ2n) is 5.73. The smallest absolute Gasteiger partial charge is 0.255 e. The van der Waals surface area contributed by atoms with Gasteiger partial charge in [0.25, 0.3) is 11.8 Å². The largest absolute Gasteiger partial charge is 0.493 e. The molecule has 6 nitrogen and oxygen atoms in total. The Morgan fingerprint density at radius 3 is 2.75 bits per heavy atom. The van der Waals surface area contributed by atoms with E-state index in [1.54, 1.807) is 18.2 Å². The van der Waals surface area contributed by atoms with Gasteiger partial charge in [-0.3, -0.25) is 9.59 Å². The van der Waals surface area contributed by atoms with Gasteiger partial charge in [-0.05, 0) is 50.3 Å². The van der Waals surface area contributed by atoms with Gasteiger partial charge in [0, 0.05) is 12.1 Å². The van der Waals surface area contributed by atoms with Crippen LogP contribution in [0.2, 0.25) is 0 Å². The Morgan fingerprint density at radius 1 is 1.25 bits per heavy atom. The Labute approximate surface area is 142 Å². The first-order valence-corrected chi connectivity index (χ1v) is 8.15. The fourth-order valence-corrected chi connectivity index (χ4v) is 2.65. The van der Waals surface area contributed by atoms with E-state index in [0.717, 1.165) is 19.3 Å². The number of hydrogen-bond donors (Lipinski definition) is 2. The van der Waals surface area contributed by atoms with Crippen LogP contribution in [0.4, 0.5) is 0 Å². The minimum absolute atomic E-state index is 0.161. The minimum Gasteiger partial charge on any atom is -0.493 e. The second kappa shape index (κ2) is 8.96. The summed E-state index contributed by atoms with van der Waals surface area (Å²) in [6.45, 7) is 0.379. The van der Waals surface area contributed by atoms with Crippen LogP contribution in [0.5, 0.6) is 11.5 Å². The summed E-state index contributed by atoms with van der Waals surface area (Å²) in [5.41, 5.74) is 6.96. The molecule has 1 aromatic rings. The predicted molar refractivity (Wildman–Crippen MR) is 91.2 cm³/mol. The molecule has 1 aliphatic rings. The van der Waals surface area contributed by atoms with E-state index in [1.807, 2.05) is 0 Å². The van der Waals surface area contributed by atoms with Crippen molar-refractivity contribution in [3.05, 3.63) is 35.4 Å². The standard InChI is InChI=1S/C18H24N2O4/c1-23-16-11-14(7-8-15(16)24-12-17(19)21)18(22)20-10-9-13-5-3-2-4-6-13/h5,7-8,11H,2-4,6,9-10,12H2,1H3,(H2,19,21)(H,20,22). The molecule has 0 saturated heterocycles. The van der Waals surface area contributed by atoms with Crippen molar-refractivity contribution in [3.63, 3.8) is 0 Å². The fraction of sp³-hybridized carbons (Fsp3) is 0.444. The van der Waals surface area contributed by atoms with E-state index in [9.17, 15) is 9.59 Å². The highest BCUT2D eigenvalue weighted by molar-refractivity contribution is 5.94. The first-order valence-electron chi connectivity index (χ1n) is 8.15. The third-order valence-corrected chi connectivity index (χ3v) is 3.91. The lowest BCUT2D eigenvalue weighted by molar-refractivity contribution is -0.119. The van der Waals surface area contributed by atoms with Crippen LogP contribution in [-0.4, -0.2) is 32.1 Å². The van der Waals surface area contributed by atoms with Gasteiger partial charge >= 0.3 is 0 Å². The topological polar surface area (TPSA) is 90.7 Å². The number of ether oxygens (including phenoxy) is 2. The highest BCUT2D eigenvalue weighted by Gasteiger charge is 2.12. The number of rotatable bonds is 8. The Kier molecular flexibility index (Phi) is 6.66. The van der Waals surface area contributed by atoms with Gasteiger partial charge in [-0.15, -0.1) is 0 Å². The van der Waals surface area contributed by atoms with Crippen LogP contribution in [0, 0.1) is 0 Å². The van der Waals surface area contributed by atoms with E-state index in [1.165, 1.54) is 25.5 Å². The molecule has 3 N–H and O–H groups in total. The molecule has 0 spiro atoms. The van der Waals surface area contributed by atoms with Gasteiger partial charge in [-0.2, -0.15) is 0 Å². The maximum atomic E-state index is 12.2. The van der Waals surface area contributed by atoms with Crippen LogP contribution >= 0.6 is 0 Å². The number of methoxy groups -OCH3 is 1.